The highest BCUT2D eigenvalue weighted by Gasteiger charge is 2.16. The fourth-order valence-electron chi connectivity index (χ4n) is 3.72. The third-order valence-electron chi connectivity index (χ3n) is 5.19. The summed E-state index contributed by atoms with van der Waals surface area (Å²) in [7, 11) is 5.22. The van der Waals surface area contributed by atoms with Crippen molar-refractivity contribution in [2.24, 2.45) is 7.05 Å². The van der Waals surface area contributed by atoms with Crippen LogP contribution in [0.4, 0.5) is 10.6 Å². The van der Waals surface area contributed by atoms with Crippen LogP contribution in [0.3, 0.4) is 0 Å². The average Bonchev–Trinajstić information content (AvgIpc) is 3.30. The Morgan fingerprint density at radius 3 is 2.90 bits per heavy atom. The van der Waals surface area contributed by atoms with Crippen molar-refractivity contribution in [1.29, 1.82) is 0 Å². The minimum Gasteiger partial charge on any atom is -0.465 e. The molecule has 0 radical (unpaired) electrons. The lowest BCUT2D eigenvalue weighted by Crippen LogP contribution is -2.34. The fourth-order valence-corrected chi connectivity index (χ4v) is 3.72. The molecule has 4 N–H and O–H groups in total. The van der Waals surface area contributed by atoms with Crippen LogP contribution in [0.1, 0.15) is 5.56 Å². The topological polar surface area (TPSA) is 119 Å². The van der Waals surface area contributed by atoms with Crippen LogP contribution in [0.2, 0.25) is 0 Å². The molecule has 0 fully saturated rings. The van der Waals surface area contributed by atoms with E-state index in [1.165, 1.54) is 7.05 Å². The zero-order valence-electron chi connectivity index (χ0n) is 17.0. The SMILES string of the molecule is CNc1nc2[nH]c(-c3cccc(CC(O)CN(C)C(=O)O)c3)cc2c2c1ncn2C. The van der Waals surface area contributed by atoms with Crippen LogP contribution in [0.5, 0.6) is 0 Å². The number of aromatic amines is 1. The smallest absolute Gasteiger partial charge is 0.407 e. The summed E-state index contributed by atoms with van der Waals surface area (Å²) in [6, 6.07) is 9.89. The van der Waals surface area contributed by atoms with Gasteiger partial charge in [-0.05, 0) is 23.3 Å². The van der Waals surface area contributed by atoms with Gasteiger partial charge in [-0.3, -0.25) is 0 Å². The van der Waals surface area contributed by atoms with Gasteiger partial charge in [0.2, 0.25) is 0 Å². The molecule has 3 aromatic heterocycles. The van der Waals surface area contributed by atoms with Crippen LogP contribution in [0, 0.1) is 0 Å². The van der Waals surface area contributed by atoms with E-state index in [1.54, 1.807) is 6.33 Å². The third-order valence-corrected chi connectivity index (χ3v) is 5.19. The molecular weight excluding hydrogens is 384 g/mol. The van der Waals surface area contributed by atoms with Gasteiger partial charge in [0.1, 0.15) is 11.2 Å². The van der Waals surface area contributed by atoms with Crippen molar-refractivity contribution in [2.75, 3.05) is 26.0 Å². The number of carbonyl (C=O) groups is 1. The Hall–Kier alpha value is -3.59. The van der Waals surface area contributed by atoms with Gasteiger partial charge in [-0.2, -0.15) is 0 Å². The Labute approximate surface area is 173 Å². The summed E-state index contributed by atoms with van der Waals surface area (Å²) in [6.07, 6.45) is 0.295. The second-order valence-corrected chi connectivity index (χ2v) is 7.43. The first-order chi connectivity index (χ1) is 14.4. The number of benzene rings is 1. The number of nitrogens with zero attached hydrogens (tertiary/aromatic N) is 4. The second-order valence-electron chi connectivity index (χ2n) is 7.43. The van der Waals surface area contributed by atoms with Crippen LogP contribution in [0.25, 0.3) is 33.3 Å². The molecule has 0 spiro atoms. The van der Waals surface area contributed by atoms with Crippen molar-refractivity contribution < 1.29 is 15.0 Å². The van der Waals surface area contributed by atoms with Gasteiger partial charge >= 0.3 is 6.09 Å². The van der Waals surface area contributed by atoms with Crippen molar-refractivity contribution in [2.45, 2.75) is 12.5 Å². The number of carboxylic acid groups (broad SMARTS) is 1. The Morgan fingerprint density at radius 2 is 2.17 bits per heavy atom. The molecule has 0 saturated heterocycles. The molecule has 1 unspecified atom stereocenters. The summed E-state index contributed by atoms with van der Waals surface area (Å²) in [6.45, 7) is 0.0567. The van der Waals surface area contributed by atoms with Crippen LogP contribution < -0.4 is 5.32 Å². The zero-order valence-corrected chi connectivity index (χ0v) is 17.0. The standard InChI is InChI=1S/C21H24N6O3/c1-22-20-17-18(27(3)11-23-17)15-9-16(24-19(15)25-20)13-6-4-5-12(7-13)8-14(28)10-26(2)21(29)30/h4-7,9,11,14,28H,8,10H2,1-3H3,(H,29,30)(H2,22,24,25). The van der Waals surface area contributed by atoms with Crippen molar-refractivity contribution in [3.8, 4) is 11.3 Å². The van der Waals surface area contributed by atoms with Crippen LogP contribution >= 0.6 is 0 Å². The van der Waals surface area contributed by atoms with Gasteiger partial charge in [-0.15, -0.1) is 0 Å². The number of nitrogens with one attached hydrogen (secondary N) is 2. The van der Waals surface area contributed by atoms with Gasteiger partial charge in [-0.25, -0.2) is 14.8 Å². The minimum absolute atomic E-state index is 0.0567. The second kappa shape index (κ2) is 7.68. The van der Waals surface area contributed by atoms with E-state index in [2.05, 4.69) is 26.3 Å². The third kappa shape index (κ3) is 3.55. The van der Waals surface area contributed by atoms with Gasteiger partial charge in [-0.1, -0.05) is 18.2 Å². The summed E-state index contributed by atoms with van der Waals surface area (Å²) in [5.74, 6) is 0.714. The normalized spacial score (nSPS) is 12.4. The van der Waals surface area contributed by atoms with Crippen molar-refractivity contribution in [3.05, 3.63) is 42.2 Å². The monoisotopic (exact) mass is 408 g/mol. The summed E-state index contributed by atoms with van der Waals surface area (Å²) >= 11 is 0. The molecule has 9 nitrogen and oxygen atoms in total. The van der Waals surface area contributed by atoms with Gasteiger partial charge in [0, 0.05) is 45.2 Å². The molecular formula is C21H24N6O3. The maximum absolute atomic E-state index is 10.9. The van der Waals surface area contributed by atoms with E-state index in [0.29, 0.717) is 12.2 Å². The summed E-state index contributed by atoms with van der Waals surface area (Å²) in [5, 5.41) is 23.3. The van der Waals surface area contributed by atoms with Crippen molar-refractivity contribution in [1.82, 2.24) is 24.4 Å². The number of H-pyrrole nitrogens is 1. The molecule has 1 atom stereocenters. The summed E-state index contributed by atoms with van der Waals surface area (Å²) in [5.41, 5.74) is 5.37. The number of pyridine rings is 1. The lowest BCUT2D eigenvalue weighted by atomic mass is 10.0. The number of hydrogen-bond acceptors (Lipinski definition) is 5. The molecule has 0 aliphatic carbocycles. The maximum Gasteiger partial charge on any atom is 0.407 e. The van der Waals surface area contributed by atoms with Gasteiger partial charge in [0.25, 0.3) is 0 Å². The van der Waals surface area contributed by atoms with Crippen molar-refractivity contribution in [3.63, 3.8) is 0 Å². The number of amides is 1. The van der Waals surface area contributed by atoms with Gasteiger partial charge in [0.05, 0.1) is 17.9 Å². The Kier molecular flexibility index (Phi) is 5.04. The van der Waals surface area contributed by atoms with Crippen LogP contribution in [0.15, 0.2) is 36.7 Å². The molecule has 4 rings (SSSR count). The lowest BCUT2D eigenvalue weighted by Gasteiger charge is -2.18. The first kappa shape index (κ1) is 19.7. The van der Waals surface area contributed by atoms with E-state index in [9.17, 15) is 9.90 Å². The van der Waals surface area contributed by atoms with Crippen LogP contribution in [-0.2, 0) is 13.5 Å². The summed E-state index contributed by atoms with van der Waals surface area (Å²) in [4.78, 5) is 24.5. The molecule has 4 aromatic rings. The Balaban J connectivity index is 1.68. The van der Waals surface area contributed by atoms with E-state index in [1.807, 2.05) is 42.9 Å². The van der Waals surface area contributed by atoms with E-state index in [4.69, 9.17) is 5.11 Å². The quantitative estimate of drug-likeness (QED) is 0.389. The van der Waals surface area contributed by atoms with Crippen molar-refractivity contribution >= 4 is 34.0 Å². The number of aryl methyl sites for hydroxylation is 1. The van der Waals surface area contributed by atoms with E-state index >= 15 is 0 Å². The molecule has 156 valence electrons. The fraction of sp³-hybridized carbons (Fsp3) is 0.286. The number of hydrogen-bond donors (Lipinski definition) is 4. The average molecular weight is 408 g/mol. The molecule has 3 heterocycles. The number of fused-ring (bicyclic) bond motifs is 3. The molecule has 0 aliphatic heterocycles. The first-order valence-electron chi connectivity index (χ1n) is 9.60. The number of anilines is 1. The number of imidazole rings is 1. The molecule has 0 saturated carbocycles. The lowest BCUT2D eigenvalue weighted by molar-refractivity contribution is 0.108. The van der Waals surface area contributed by atoms with Gasteiger partial charge < -0.3 is 30.0 Å². The highest BCUT2D eigenvalue weighted by Crippen LogP contribution is 2.31. The summed E-state index contributed by atoms with van der Waals surface area (Å²) < 4.78 is 1.98. The highest BCUT2D eigenvalue weighted by molar-refractivity contribution is 6.07. The Bertz CT molecular complexity index is 1230. The van der Waals surface area contributed by atoms with Gasteiger partial charge in [0.15, 0.2) is 5.82 Å². The molecule has 0 bridgehead atoms. The molecule has 30 heavy (non-hydrogen) atoms. The molecule has 1 amide bonds. The van der Waals surface area contributed by atoms with Crippen LogP contribution in [-0.4, -0.2) is 67.5 Å². The first-order valence-corrected chi connectivity index (χ1v) is 9.60. The number of rotatable bonds is 6. The number of aliphatic hydroxyl groups excluding tert-OH is 1. The molecule has 1 aromatic carbocycles. The minimum atomic E-state index is -1.06. The Morgan fingerprint density at radius 1 is 1.37 bits per heavy atom. The predicted octanol–water partition coefficient (Wildman–Crippen LogP) is 2.67. The molecule has 9 heteroatoms. The number of aromatic nitrogens is 4. The van der Waals surface area contributed by atoms with E-state index in [0.717, 1.165) is 43.8 Å². The maximum atomic E-state index is 10.9. The predicted molar refractivity (Wildman–Crippen MR) is 116 cm³/mol. The zero-order chi connectivity index (χ0) is 21.4. The number of likely N-dealkylation sites (N-methyl/N-ethyl adjacent to an activating group) is 1. The number of aliphatic hydroxyl groups is 1. The highest BCUT2D eigenvalue weighted by atomic mass is 16.4. The van der Waals surface area contributed by atoms with E-state index in [-0.39, 0.29) is 6.54 Å². The molecule has 0 aliphatic rings. The van der Waals surface area contributed by atoms with E-state index < -0.39 is 12.2 Å². The largest absolute Gasteiger partial charge is 0.465 e.